The van der Waals surface area contributed by atoms with E-state index in [1.807, 2.05) is 30.3 Å². The monoisotopic (exact) mass is 446 g/mol. The second-order valence-corrected chi connectivity index (χ2v) is 8.73. The molecule has 28 heavy (non-hydrogen) atoms. The quantitative estimate of drug-likeness (QED) is 0.661. The second kappa shape index (κ2) is 7.43. The molecule has 0 saturated heterocycles. The number of hydrogen-bond donors (Lipinski definition) is 3. The molecule has 8 heteroatoms. The Balaban J connectivity index is 1.98. The number of fused-ring (bicyclic) bond motifs is 1. The van der Waals surface area contributed by atoms with Crippen LogP contribution in [0.25, 0.3) is 0 Å². The lowest BCUT2D eigenvalue weighted by atomic mass is 9.83. The Morgan fingerprint density at radius 1 is 1.21 bits per heavy atom. The molecule has 1 aromatic heterocycles. The van der Waals surface area contributed by atoms with Gasteiger partial charge in [0.2, 0.25) is 5.91 Å². The highest BCUT2D eigenvalue weighted by atomic mass is 79.9. The van der Waals surface area contributed by atoms with Crippen molar-refractivity contribution in [2.45, 2.75) is 44.9 Å². The minimum atomic E-state index is -1.08. The van der Waals surface area contributed by atoms with Gasteiger partial charge in [-0.25, -0.2) is 9.78 Å². The number of ether oxygens (including phenoxy) is 1. The number of aromatic nitrogens is 1. The van der Waals surface area contributed by atoms with Gasteiger partial charge in [0.1, 0.15) is 11.6 Å². The number of hydrogen-bond acceptors (Lipinski definition) is 5. The van der Waals surface area contributed by atoms with Gasteiger partial charge in [0, 0.05) is 10.7 Å². The van der Waals surface area contributed by atoms with E-state index in [-0.39, 0.29) is 5.91 Å². The average Bonchev–Trinajstić information content (AvgIpc) is 2.60. The number of carbonyl (C=O) groups excluding carboxylic acids is 2. The molecule has 7 nitrogen and oxygen atoms in total. The van der Waals surface area contributed by atoms with Gasteiger partial charge < -0.3 is 20.7 Å². The van der Waals surface area contributed by atoms with E-state index in [0.717, 1.165) is 10.0 Å². The molecule has 0 fully saturated rings. The maximum atomic E-state index is 12.9. The molecular formula is C20H23BrN4O3. The van der Waals surface area contributed by atoms with Crippen molar-refractivity contribution >= 4 is 39.4 Å². The maximum absolute atomic E-state index is 12.9. The minimum absolute atomic E-state index is 0.283. The number of alkyl carbamates (subject to hydrolysis) is 1. The van der Waals surface area contributed by atoms with Crippen LogP contribution < -0.4 is 16.0 Å². The first-order chi connectivity index (χ1) is 13.1. The molecule has 1 aliphatic heterocycles. The lowest BCUT2D eigenvalue weighted by Crippen LogP contribution is -2.61. The number of anilines is 2. The zero-order valence-corrected chi connectivity index (χ0v) is 17.8. The number of benzene rings is 1. The highest BCUT2D eigenvalue weighted by Crippen LogP contribution is 2.34. The van der Waals surface area contributed by atoms with Crippen molar-refractivity contribution in [2.24, 2.45) is 0 Å². The summed E-state index contributed by atoms with van der Waals surface area (Å²) < 4.78 is 6.19. The summed E-state index contributed by atoms with van der Waals surface area (Å²) in [5.74, 6) is 0.246. The molecule has 0 spiro atoms. The Hall–Kier alpha value is -2.61. The molecule has 148 valence electrons. The van der Waals surface area contributed by atoms with E-state index in [1.54, 1.807) is 40.0 Å². The highest BCUT2D eigenvalue weighted by Gasteiger charge is 2.45. The van der Waals surface area contributed by atoms with E-state index in [4.69, 9.17) is 4.74 Å². The molecule has 1 aliphatic rings. The third kappa shape index (κ3) is 4.27. The Morgan fingerprint density at radius 2 is 1.89 bits per heavy atom. The van der Waals surface area contributed by atoms with Gasteiger partial charge in [0.25, 0.3) is 0 Å². The van der Waals surface area contributed by atoms with E-state index in [0.29, 0.717) is 11.5 Å². The van der Waals surface area contributed by atoms with Gasteiger partial charge >= 0.3 is 6.09 Å². The first kappa shape index (κ1) is 20.1. The number of nitrogens with one attached hydrogen (secondary N) is 3. The van der Waals surface area contributed by atoms with Crippen molar-refractivity contribution in [1.29, 1.82) is 0 Å². The van der Waals surface area contributed by atoms with E-state index in [1.165, 1.54) is 0 Å². The maximum Gasteiger partial charge on any atom is 0.408 e. The molecule has 3 N–H and O–H groups in total. The Kier molecular flexibility index (Phi) is 5.34. The van der Waals surface area contributed by atoms with Gasteiger partial charge in [-0.3, -0.25) is 4.79 Å². The summed E-state index contributed by atoms with van der Waals surface area (Å²) in [4.78, 5) is 29.9. The number of rotatable bonds is 3. The SMILES string of the molecule is CC(C)(C)OC(=O)N[C@](C)(c1ccccc1)[C@@H]1Nc2ncc(Br)cc2NC1=O. The smallest absolute Gasteiger partial charge is 0.408 e. The summed E-state index contributed by atoms with van der Waals surface area (Å²) in [7, 11) is 0. The summed E-state index contributed by atoms with van der Waals surface area (Å²) in [6.45, 7) is 7.15. The second-order valence-electron chi connectivity index (χ2n) is 7.81. The molecule has 2 amide bonds. The zero-order chi connectivity index (χ0) is 20.5. The summed E-state index contributed by atoms with van der Waals surface area (Å²) in [5, 5.41) is 8.92. The predicted octanol–water partition coefficient (Wildman–Crippen LogP) is 4.02. The van der Waals surface area contributed by atoms with Gasteiger partial charge in [-0.2, -0.15) is 0 Å². The first-order valence-electron chi connectivity index (χ1n) is 8.88. The highest BCUT2D eigenvalue weighted by molar-refractivity contribution is 9.10. The van der Waals surface area contributed by atoms with E-state index < -0.39 is 23.3 Å². The van der Waals surface area contributed by atoms with E-state index in [2.05, 4.69) is 36.9 Å². The van der Waals surface area contributed by atoms with Crippen molar-refractivity contribution in [2.75, 3.05) is 10.6 Å². The van der Waals surface area contributed by atoms with E-state index >= 15 is 0 Å². The Bertz CT molecular complexity index is 898. The summed E-state index contributed by atoms with van der Waals surface area (Å²) in [5.41, 5.74) is -0.415. The third-order valence-corrected chi connectivity index (χ3v) is 4.80. The van der Waals surface area contributed by atoms with Crippen molar-refractivity contribution in [3.05, 3.63) is 52.6 Å². The van der Waals surface area contributed by atoms with Crippen LogP contribution in [0.3, 0.4) is 0 Å². The summed E-state index contributed by atoms with van der Waals surface area (Å²) in [6, 6.07) is 10.3. The molecule has 3 rings (SSSR count). The van der Waals surface area contributed by atoms with Crippen LogP contribution in [0, 0.1) is 0 Å². The lowest BCUT2D eigenvalue weighted by Gasteiger charge is -2.41. The molecular weight excluding hydrogens is 424 g/mol. The molecule has 0 bridgehead atoms. The zero-order valence-electron chi connectivity index (χ0n) is 16.2. The van der Waals surface area contributed by atoms with Crippen LogP contribution in [0.15, 0.2) is 47.1 Å². The molecule has 0 unspecified atom stereocenters. The van der Waals surface area contributed by atoms with Crippen molar-refractivity contribution < 1.29 is 14.3 Å². The molecule has 0 radical (unpaired) electrons. The van der Waals surface area contributed by atoms with Crippen LogP contribution in [-0.2, 0) is 15.1 Å². The van der Waals surface area contributed by atoms with Crippen LogP contribution >= 0.6 is 15.9 Å². The molecule has 2 atom stereocenters. The van der Waals surface area contributed by atoms with Gasteiger partial charge in [-0.15, -0.1) is 0 Å². The normalized spacial score (nSPS) is 18.2. The van der Waals surface area contributed by atoms with Crippen molar-refractivity contribution in [3.8, 4) is 0 Å². The number of carbonyl (C=O) groups is 2. The van der Waals surface area contributed by atoms with Crippen LogP contribution in [-0.4, -0.2) is 28.6 Å². The van der Waals surface area contributed by atoms with Gasteiger partial charge in [-0.05, 0) is 55.3 Å². The molecule has 0 saturated carbocycles. The standard InChI is InChI=1S/C20H23BrN4O3/c1-19(2,3)28-18(27)25-20(4,12-8-6-5-7-9-12)15-17(26)23-14-10-13(21)11-22-16(14)24-15/h5-11,15H,1-4H3,(H,22,24)(H,23,26)(H,25,27)/t15-,20-/m1/s1. The number of nitrogens with zero attached hydrogens (tertiary/aromatic N) is 1. The minimum Gasteiger partial charge on any atom is -0.444 e. The van der Waals surface area contributed by atoms with Crippen LogP contribution in [0.2, 0.25) is 0 Å². The number of halogens is 1. The Labute approximate surface area is 172 Å². The molecule has 2 heterocycles. The molecule has 2 aromatic rings. The number of amides is 2. The topological polar surface area (TPSA) is 92.3 Å². The fraction of sp³-hybridized carbons (Fsp3) is 0.350. The van der Waals surface area contributed by atoms with E-state index in [9.17, 15) is 9.59 Å². The predicted molar refractivity (Wildman–Crippen MR) is 111 cm³/mol. The summed E-state index contributed by atoms with van der Waals surface area (Å²) >= 11 is 3.35. The lowest BCUT2D eigenvalue weighted by molar-refractivity contribution is -0.118. The van der Waals surface area contributed by atoms with Gasteiger partial charge in [0.05, 0.1) is 11.2 Å². The van der Waals surface area contributed by atoms with Crippen molar-refractivity contribution in [1.82, 2.24) is 10.3 Å². The van der Waals surface area contributed by atoms with Gasteiger partial charge in [-0.1, -0.05) is 30.3 Å². The summed E-state index contributed by atoms with van der Waals surface area (Å²) in [6.07, 6.45) is 1.03. The fourth-order valence-electron chi connectivity index (χ4n) is 3.07. The number of pyridine rings is 1. The fourth-order valence-corrected chi connectivity index (χ4v) is 3.41. The first-order valence-corrected chi connectivity index (χ1v) is 9.67. The largest absolute Gasteiger partial charge is 0.444 e. The molecule has 0 aliphatic carbocycles. The average molecular weight is 447 g/mol. The van der Waals surface area contributed by atoms with Crippen LogP contribution in [0.5, 0.6) is 0 Å². The van der Waals surface area contributed by atoms with Gasteiger partial charge in [0.15, 0.2) is 5.82 Å². The van der Waals surface area contributed by atoms with Crippen LogP contribution in [0.4, 0.5) is 16.3 Å². The van der Waals surface area contributed by atoms with Crippen LogP contribution in [0.1, 0.15) is 33.3 Å². The Morgan fingerprint density at radius 3 is 2.54 bits per heavy atom. The third-order valence-electron chi connectivity index (χ3n) is 4.37. The molecule has 1 aromatic carbocycles. The van der Waals surface area contributed by atoms with Crippen molar-refractivity contribution in [3.63, 3.8) is 0 Å².